The summed E-state index contributed by atoms with van der Waals surface area (Å²) in [6, 6.07) is 4.17. The van der Waals surface area contributed by atoms with Crippen molar-refractivity contribution in [2.75, 3.05) is 6.54 Å². The van der Waals surface area contributed by atoms with Crippen molar-refractivity contribution in [3.63, 3.8) is 0 Å². The molecule has 1 unspecified atom stereocenters. The molecular weight excluding hydrogens is 225 g/mol. The number of halogens is 2. The minimum absolute atomic E-state index is 0.241. The zero-order valence-corrected chi connectivity index (χ0v) is 10.3. The predicted molar refractivity (Wildman–Crippen MR) is 65.5 cm³/mol. The summed E-state index contributed by atoms with van der Waals surface area (Å²) < 4.78 is 13.3. The van der Waals surface area contributed by atoms with Crippen molar-refractivity contribution < 1.29 is 4.39 Å². The number of hydrogen-bond acceptors (Lipinski definition) is 1. The molecule has 1 aromatic carbocycles. The van der Waals surface area contributed by atoms with Crippen molar-refractivity contribution in [3.05, 3.63) is 34.1 Å². The van der Waals surface area contributed by atoms with E-state index in [4.69, 9.17) is 11.6 Å². The van der Waals surface area contributed by atoms with Gasteiger partial charge in [-0.2, -0.15) is 0 Å². The lowest BCUT2D eigenvalue weighted by Gasteiger charge is -2.23. The standard InChI is InChI=1S/C13H17ClFN/c1-9-6-10(8-12(14)13(9)15)7-11-4-2-3-5-16-11/h6,8,11,16H,2-5,7H2,1H3. The van der Waals surface area contributed by atoms with Gasteiger partial charge in [0, 0.05) is 6.04 Å². The second-order valence-corrected chi connectivity index (χ2v) is 4.97. The van der Waals surface area contributed by atoms with Crippen molar-refractivity contribution in [2.24, 2.45) is 0 Å². The zero-order valence-electron chi connectivity index (χ0n) is 9.52. The normalized spacial score (nSPS) is 21.1. The zero-order chi connectivity index (χ0) is 11.5. The summed E-state index contributed by atoms with van der Waals surface area (Å²) in [5, 5.41) is 3.73. The van der Waals surface area contributed by atoms with Gasteiger partial charge in [0.05, 0.1) is 5.02 Å². The minimum Gasteiger partial charge on any atom is -0.314 e. The van der Waals surface area contributed by atoms with E-state index in [-0.39, 0.29) is 10.8 Å². The van der Waals surface area contributed by atoms with Gasteiger partial charge in [-0.05, 0) is 49.9 Å². The molecule has 0 aromatic heterocycles. The lowest BCUT2D eigenvalue weighted by Crippen LogP contribution is -2.35. The van der Waals surface area contributed by atoms with Crippen LogP contribution in [0.15, 0.2) is 12.1 Å². The average molecular weight is 242 g/mol. The van der Waals surface area contributed by atoms with Crippen LogP contribution in [0.2, 0.25) is 5.02 Å². The number of aryl methyl sites for hydroxylation is 1. The van der Waals surface area contributed by atoms with Gasteiger partial charge >= 0.3 is 0 Å². The Bertz CT molecular complexity index is 349. The maximum absolute atomic E-state index is 13.3. The van der Waals surface area contributed by atoms with E-state index in [0.717, 1.165) is 18.5 Å². The highest BCUT2D eigenvalue weighted by Crippen LogP contribution is 2.22. The monoisotopic (exact) mass is 241 g/mol. The van der Waals surface area contributed by atoms with Gasteiger partial charge in [-0.25, -0.2) is 4.39 Å². The Kier molecular flexibility index (Phi) is 3.82. The van der Waals surface area contributed by atoms with Gasteiger partial charge in [0.2, 0.25) is 0 Å². The molecule has 0 aliphatic carbocycles. The molecular formula is C13H17ClFN. The smallest absolute Gasteiger partial charge is 0.144 e. The SMILES string of the molecule is Cc1cc(CC2CCCCN2)cc(Cl)c1F. The molecule has 1 fully saturated rings. The van der Waals surface area contributed by atoms with E-state index in [1.807, 2.05) is 6.07 Å². The third kappa shape index (κ3) is 2.74. The van der Waals surface area contributed by atoms with Gasteiger partial charge in [-0.3, -0.25) is 0 Å². The highest BCUT2D eigenvalue weighted by Gasteiger charge is 2.14. The second-order valence-electron chi connectivity index (χ2n) is 4.56. The number of hydrogen-bond donors (Lipinski definition) is 1. The van der Waals surface area contributed by atoms with Gasteiger partial charge in [0.25, 0.3) is 0 Å². The second kappa shape index (κ2) is 5.15. The summed E-state index contributed by atoms with van der Waals surface area (Å²) in [7, 11) is 0. The molecule has 1 atom stereocenters. The number of benzene rings is 1. The van der Waals surface area contributed by atoms with Crippen LogP contribution in [0.5, 0.6) is 0 Å². The average Bonchev–Trinajstić information content (AvgIpc) is 2.27. The predicted octanol–water partition coefficient (Wildman–Crippen LogP) is 3.47. The Balaban J connectivity index is 2.09. The molecule has 3 heteroatoms. The molecule has 2 rings (SSSR count). The summed E-state index contributed by atoms with van der Waals surface area (Å²) >= 11 is 5.84. The Morgan fingerprint density at radius 1 is 1.44 bits per heavy atom. The molecule has 16 heavy (non-hydrogen) atoms. The van der Waals surface area contributed by atoms with Gasteiger partial charge < -0.3 is 5.32 Å². The molecule has 1 aromatic rings. The lowest BCUT2D eigenvalue weighted by atomic mass is 9.97. The fourth-order valence-corrected chi connectivity index (χ4v) is 2.59. The molecule has 0 amide bonds. The van der Waals surface area contributed by atoms with Crippen LogP contribution in [-0.2, 0) is 6.42 Å². The van der Waals surface area contributed by atoms with E-state index in [2.05, 4.69) is 5.32 Å². The highest BCUT2D eigenvalue weighted by molar-refractivity contribution is 6.30. The molecule has 0 saturated carbocycles. The third-order valence-electron chi connectivity index (χ3n) is 3.16. The van der Waals surface area contributed by atoms with Crippen molar-refractivity contribution in [3.8, 4) is 0 Å². The molecule has 0 bridgehead atoms. The Morgan fingerprint density at radius 3 is 2.88 bits per heavy atom. The first kappa shape index (κ1) is 11.9. The lowest BCUT2D eigenvalue weighted by molar-refractivity contribution is 0.399. The Labute approximate surface area is 101 Å². The number of piperidine rings is 1. The maximum Gasteiger partial charge on any atom is 0.144 e. The molecule has 0 radical (unpaired) electrons. The van der Waals surface area contributed by atoms with Gasteiger partial charge in [0.1, 0.15) is 5.82 Å². The Morgan fingerprint density at radius 2 is 2.25 bits per heavy atom. The van der Waals surface area contributed by atoms with Gasteiger partial charge in [-0.15, -0.1) is 0 Å². The van der Waals surface area contributed by atoms with Crippen molar-refractivity contribution in [2.45, 2.75) is 38.6 Å². The minimum atomic E-state index is -0.290. The summed E-state index contributed by atoms with van der Waals surface area (Å²) in [6.45, 7) is 2.86. The quantitative estimate of drug-likeness (QED) is 0.836. The van der Waals surface area contributed by atoms with Crippen LogP contribution in [0.3, 0.4) is 0 Å². The largest absolute Gasteiger partial charge is 0.314 e. The molecule has 1 aliphatic rings. The van der Waals surface area contributed by atoms with Crippen LogP contribution in [0.25, 0.3) is 0 Å². The topological polar surface area (TPSA) is 12.0 Å². The van der Waals surface area contributed by atoms with E-state index in [1.54, 1.807) is 13.0 Å². The van der Waals surface area contributed by atoms with Crippen LogP contribution in [0.1, 0.15) is 30.4 Å². The molecule has 1 nitrogen and oxygen atoms in total. The Hall–Kier alpha value is -0.600. The van der Waals surface area contributed by atoms with Crippen LogP contribution in [0.4, 0.5) is 4.39 Å². The molecule has 1 heterocycles. The van der Waals surface area contributed by atoms with Crippen LogP contribution >= 0.6 is 11.6 Å². The summed E-state index contributed by atoms with van der Waals surface area (Å²) in [6.07, 6.45) is 4.69. The fraction of sp³-hybridized carbons (Fsp3) is 0.538. The van der Waals surface area contributed by atoms with Gasteiger partial charge in [-0.1, -0.05) is 24.1 Å². The first-order valence-electron chi connectivity index (χ1n) is 5.84. The van der Waals surface area contributed by atoms with Crippen LogP contribution < -0.4 is 5.32 Å². The van der Waals surface area contributed by atoms with E-state index in [9.17, 15) is 4.39 Å². The first-order valence-corrected chi connectivity index (χ1v) is 6.22. The summed E-state index contributed by atoms with van der Waals surface area (Å²) in [4.78, 5) is 0. The highest BCUT2D eigenvalue weighted by atomic mass is 35.5. The summed E-state index contributed by atoms with van der Waals surface area (Å²) in [5.74, 6) is -0.290. The van der Waals surface area contributed by atoms with Crippen molar-refractivity contribution in [1.82, 2.24) is 5.32 Å². The molecule has 88 valence electrons. The van der Waals surface area contributed by atoms with Crippen molar-refractivity contribution >= 4 is 11.6 Å². The van der Waals surface area contributed by atoms with Crippen LogP contribution in [0, 0.1) is 12.7 Å². The van der Waals surface area contributed by atoms with E-state index >= 15 is 0 Å². The van der Waals surface area contributed by atoms with Crippen molar-refractivity contribution in [1.29, 1.82) is 0 Å². The molecule has 0 spiro atoms. The van der Waals surface area contributed by atoms with E-state index in [0.29, 0.717) is 11.6 Å². The van der Waals surface area contributed by atoms with Gasteiger partial charge in [0.15, 0.2) is 0 Å². The van der Waals surface area contributed by atoms with E-state index in [1.165, 1.54) is 19.3 Å². The molecule has 1 N–H and O–H groups in total. The third-order valence-corrected chi connectivity index (χ3v) is 3.44. The summed E-state index contributed by atoms with van der Waals surface area (Å²) in [5.41, 5.74) is 1.77. The maximum atomic E-state index is 13.3. The number of rotatable bonds is 2. The molecule has 1 saturated heterocycles. The van der Waals surface area contributed by atoms with Crippen LogP contribution in [-0.4, -0.2) is 12.6 Å². The number of nitrogens with one attached hydrogen (secondary N) is 1. The van der Waals surface area contributed by atoms with E-state index < -0.39 is 0 Å². The first-order chi connectivity index (χ1) is 7.66. The fourth-order valence-electron chi connectivity index (χ4n) is 2.30. The molecule has 1 aliphatic heterocycles.